The van der Waals surface area contributed by atoms with E-state index in [0.717, 1.165) is 11.3 Å². The average molecular weight is 332 g/mol. The summed E-state index contributed by atoms with van der Waals surface area (Å²) in [4.78, 5) is 0. The summed E-state index contributed by atoms with van der Waals surface area (Å²) in [6.07, 6.45) is 0. The second kappa shape index (κ2) is 6.96. The van der Waals surface area contributed by atoms with Gasteiger partial charge >= 0.3 is 6.61 Å². The summed E-state index contributed by atoms with van der Waals surface area (Å²) in [6, 6.07) is 9.98. The van der Waals surface area contributed by atoms with E-state index in [1.807, 2.05) is 19.1 Å². The van der Waals surface area contributed by atoms with Gasteiger partial charge in [-0.05, 0) is 42.8 Å². The number of nitrogens with one attached hydrogen (secondary N) is 1. The van der Waals surface area contributed by atoms with Crippen LogP contribution in [0.5, 0.6) is 5.75 Å². The van der Waals surface area contributed by atoms with Crippen molar-refractivity contribution in [1.29, 1.82) is 0 Å². The highest BCUT2D eigenvalue weighted by Crippen LogP contribution is 2.27. The van der Waals surface area contributed by atoms with Crippen LogP contribution in [0.1, 0.15) is 11.1 Å². The second-order valence-electron chi connectivity index (χ2n) is 4.40. The van der Waals surface area contributed by atoms with E-state index in [9.17, 15) is 8.78 Å². The fourth-order valence-electron chi connectivity index (χ4n) is 1.89. The third-order valence-electron chi connectivity index (χ3n) is 2.98. The Balaban J connectivity index is 2.19. The van der Waals surface area contributed by atoms with Crippen LogP contribution >= 0.6 is 23.2 Å². The molecule has 0 atom stereocenters. The van der Waals surface area contributed by atoms with Crippen LogP contribution in [-0.4, -0.2) is 6.61 Å². The topological polar surface area (TPSA) is 21.3 Å². The van der Waals surface area contributed by atoms with Gasteiger partial charge in [-0.2, -0.15) is 8.78 Å². The first-order valence-electron chi connectivity index (χ1n) is 6.19. The lowest BCUT2D eigenvalue weighted by molar-refractivity contribution is -0.0504. The van der Waals surface area contributed by atoms with Crippen molar-refractivity contribution in [2.24, 2.45) is 0 Å². The van der Waals surface area contributed by atoms with Crippen LogP contribution in [0.2, 0.25) is 10.0 Å². The number of halogens is 4. The lowest BCUT2D eigenvalue weighted by Gasteiger charge is -2.14. The first-order valence-corrected chi connectivity index (χ1v) is 6.95. The van der Waals surface area contributed by atoms with Crippen LogP contribution in [0.4, 0.5) is 14.5 Å². The predicted molar refractivity (Wildman–Crippen MR) is 81.6 cm³/mol. The van der Waals surface area contributed by atoms with Gasteiger partial charge in [0.05, 0.1) is 0 Å². The molecule has 0 bridgehead atoms. The molecule has 0 saturated heterocycles. The normalized spacial score (nSPS) is 10.8. The minimum atomic E-state index is -2.88. The number of benzene rings is 2. The van der Waals surface area contributed by atoms with Gasteiger partial charge in [0.1, 0.15) is 5.75 Å². The van der Waals surface area contributed by atoms with E-state index in [1.165, 1.54) is 12.1 Å². The van der Waals surface area contributed by atoms with E-state index >= 15 is 0 Å². The van der Waals surface area contributed by atoms with Crippen molar-refractivity contribution in [3.63, 3.8) is 0 Å². The molecule has 0 aliphatic carbocycles. The molecule has 0 saturated carbocycles. The molecule has 2 aromatic carbocycles. The molecule has 0 aliphatic heterocycles. The lowest BCUT2D eigenvalue weighted by atomic mass is 10.1. The Morgan fingerprint density at radius 2 is 1.95 bits per heavy atom. The van der Waals surface area contributed by atoms with Crippen molar-refractivity contribution in [2.75, 3.05) is 5.32 Å². The zero-order chi connectivity index (χ0) is 15.4. The standard InChI is InChI=1S/C15H13Cl2F2NO/c1-9-12(17)3-2-4-13(9)20-8-10-7-11(16)5-6-14(10)21-15(18)19/h2-7,15,20H,8H2,1H3. The maximum atomic E-state index is 12.4. The lowest BCUT2D eigenvalue weighted by Crippen LogP contribution is -2.07. The van der Waals surface area contributed by atoms with Gasteiger partial charge < -0.3 is 10.1 Å². The molecule has 2 nitrogen and oxygen atoms in total. The maximum absolute atomic E-state index is 12.4. The first kappa shape index (κ1) is 15.9. The average Bonchev–Trinajstić information content (AvgIpc) is 2.42. The van der Waals surface area contributed by atoms with Crippen molar-refractivity contribution in [2.45, 2.75) is 20.1 Å². The highest BCUT2D eigenvalue weighted by molar-refractivity contribution is 6.31. The zero-order valence-corrected chi connectivity index (χ0v) is 12.7. The molecule has 2 aromatic rings. The molecule has 0 aromatic heterocycles. The van der Waals surface area contributed by atoms with Crippen LogP contribution in [-0.2, 0) is 6.54 Å². The molecule has 21 heavy (non-hydrogen) atoms. The van der Waals surface area contributed by atoms with Gasteiger partial charge in [0, 0.05) is 27.8 Å². The fraction of sp³-hybridized carbons (Fsp3) is 0.200. The molecule has 0 heterocycles. The highest BCUT2D eigenvalue weighted by Gasteiger charge is 2.11. The van der Waals surface area contributed by atoms with Crippen LogP contribution in [0.25, 0.3) is 0 Å². The van der Waals surface area contributed by atoms with Crippen LogP contribution < -0.4 is 10.1 Å². The number of hydrogen-bond donors (Lipinski definition) is 1. The van der Waals surface area contributed by atoms with E-state index in [1.54, 1.807) is 12.1 Å². The largest absolute Gasteiger partial charge is 0.434 e. The Morgan fingerprint density at radius 1 is 1.19 bits per heavy atom. The Labute approximate surface area is 131 Å². The number of rotatable bonds is 5. The Morgan fingerprint density at radius 3 is 2.67 bits per heavy atom. The van der Waals surface area contributed by atoms with Gasteiger partial charge in [-0.1, -0.05) is 29.3 Å². The molecule has 0 spiro atoms. The third kappa shape index (κ3) is 4.22. The Bertz CT molecular complexity index is 635. The molecular formula is C15H13Cl2F2NO. The van der Waals surface area contributed by atoms with Gasteiger partial charge in [0.15, 0.2) is 0 Å². The van der Waals surface area contributed by atoms with Crippen molar-refractivity contribution in [3.8, 4) is 5.75 Å². The summed E-state index contributed by atoms with van der Waals surface area (Å²) in [5, 5.41) is 4.23. The van der Waals surface area contributed by atoms with E-state index < -0.39 is 6.61 Å². The number of alkyl halides is 2. The van der Waals surface area contributed by atoms with Crippen molar-refractivity contribution in [1.82, 2.24) is 0 Å². The zero-order valence-electron chi connectivity index (χ0n) is 11.2. The maximum Gasteiger partial charge on any atom is 0.387 e. The van der Waals surface area contributed by atoms with E-state index in [-0.39, 0.29) is 5.75 Å². The second-order valence-corrected chi connectivity index (χ2v) is 5.24. The molecule has 0 amide bonds. The van der Waals surface area contributed by atoms with E-state index in [4.69, 9.17) is 23.2 Å². The molecule has 2 rings (SSSR count). The van der Waals surface area contributed by atoms with Gasteiger partial charge in [-0.15, -0.1) is 0 Å². The Kier molecular flexibility index (Phi) is 5.26. The predicted octanol–water partition coefficient (Wildman–Crippen LogP) is 5.52. The molecule has 1 N–H and O–H groups in total. The van der Waals surface area contributed by atoms with Gasteiger partial charge in [-0.3, -0.25) is 0 Å². The smallest absolute Gasteiger partial charge is 0.387 e. The quantitative estimate of drug-likeness (QED) is 0.779. The van der Waals surface area contributed by atoms with Crippen molar-refractivity contribution < 1.29 is 13.5 Å². The van der Waals surface area contributed by atoms with Crippen molar-refractivity contribution >= 4 is 28.9 Å². The number of hydrogen-bond acceptors (Lipinski definition) is 2. The molecule has 0 aliphatic rings. The first-order chi connectivity index (χ1) is 9.97. The summed E-state index contributed by atoms with van der Waals surface area (Å²) in [6.45, 7) is -0.707. The summed E-state index contributed by atoms with van der Waals surface area (Å²) in [5.41, 5.74) is 2.25. The third-order valence-corrected chi connectivity index (χ3v) is 3.62. The fourth-order valence-corrected chi connectivity index (χ4v) is 2.26. The van der Waals surface area contributed by atoms with Crippen LogP contribution in [0.15, 0.2) is 36.4 Å². The highest BCUT2D eigenvalue weighted by atomic mass is 35.5. The van der Waals surface area contributed by atoms with Gasteiger partial charge in [-0.25, -0.2) is 0 Å². The summed E-state index contributed by atoms with van der Waals surface area (Å²) in [5.74, 6) is 0.0987. The van der Waals surface area contributed by atoms with Crippen LogP contribution in [0.3, 0.4) is 0 Å². The monoisotopic (exact) mass is 331 g/mol. The summed E-state index contributed by atoms with van der Waals surface area (Å²) < 4.78 is 29.3. The molecule has 0 radical (unpaired) electrons. The van der Waals surface area contributed by atoms with E-state index in [0.29, 0.717) is 22.2 Å². The summed E-state index contributed by atoms with van der Waals surface area (Å²) in [7, 11) is 0. The van der Waals surface area contributed by atoms with Crippen LogP contribution in [0, 0.1) is 6.92 Å². The van der Waals surface area contributed by atoms with E-state index in [2.05, 4.69) is 10.1 Å². The van der Waals surface area contributed by atoms with Crippen molar-refractivity contribution in [3.05, 3.63) is 57.6 Å². The molecule has 0 fully saturated rings. The van der Waals surface area contributed by atoms with Gasteiger partial charge in [0.25, 0.3) is 0 Å². The minimum Gasteiger partial charge on any atom is -0.434 e. The molecule has 6 heteroatoms. The molecule has 0 unspecified atom stereocenters. The molecule has 112 valence electrons. The Hall–Kier alpha value is -1.52. The molecular weight excluding hydrogens is 319 g/mol. The van der Waals surface area contributed by atoms with Gasteiger partial charge in [0.2, 0.25) is 0 Å². The minimum absolute atomic E-state index is 0.0987. The SMILES string of the molecule is Cc1c(Cl)cccc1NCc1cc(Cl)ccc1OC(F)F. The number of anilines is 1. The summed E-state index contributed by atoms with van der Waals surface area (Å²) >= 11 is 11.9. The number of ether oxygens (including phenoxy) is 1.